The van der Waals surface area contributed by atoms with Crippen LogP contribution in [-0.4, -0.2) is 4.40 Å². The molecule has 0 saturated carbocycles. The first kappa shape index (κ1) is 27.1. The van der Waals surface area contributed by atoms with Crippen molar-refractivity contribution < 1.29 is 4.57 Å². The number of nitrogens with zero attached hydrogens (tertiary/aromatic N) is 1. The van der Waals surface area contributed by atoms with Crippen molar-refractivity contribution in [2.45, 2.75) is 0 Å². The number of thiazole rings is 1. The lowest BCUT2D eigenvalue weighted by molar-refractivity contribution is 0.592. The summed E-state index contributed by atoms with van der Waals surface area (Å²) < 4.78 is 19.1. The summed E-state index contributed by atoms with van der Waals surface area (Å²) in [4.78, 5) is 1.22. The van der Waals surface area contributed by atoms with E-state index in [4.69, 9.17) is 0 Å². The van der Waals surface area contributed by atoms with Gasteiger partial charge in [-0.3, -0.25) is 4.40 Å². The first-order valence-electron chi connectivity index (χ1n) is 15.5. The van der Waals surface area contributed by atoms with Gasteiger partial charge in [-0.25, -0.2) is 0 Å². The molecule has 9 rings (SSSR count). The minimum atomic E-state index is -3.15. The summed E-state index contributed by atoms with van der Waals surface area (Å²) in [5, 5.41) is 5.97. The van der Waals surface area contributed by atoms with Gasteiger partial charge in [0.15, 0.2) is 7.14 Å². The molecule has 2 aromatic heterocycles. The van der Waals surface area contributed by atoms with Crippen LogP contribution in [0.25, 0.3) is 59.0 Å². The van der Waals surface area contributed by atoms with Gasteiger partial charge in [0.1, 0.15) is 4.83 Å². The fourth-order valence-corrected chi connectivity index (χ4v) is 10.7. The van der Waals surface area contributed by atoms with Crippen LogP contribution in [0, 0.1) is 0 Å². The van der Waals surface area contributed by atoms with Gasteiger partial charge in [-0.1, -0.05) is 140 Å². The Morgan fingerprint density at radius 1 is 0.457 bits per heavy atom. The van der Waals surface area contributed by atoms with Crippen LogP contribution in [0.2, 0.25) is 0 Å². The molecule has 9 aromatic rings. The standard InChI is InChI=1S/C42H28NOPS/c44-45(34-15-5-2-6-16-34,36-25-19-30-13-7-8-14-32(30)27-36)35-23-20-31(21-24-35)41-37-28-33(29-11-3-1-4-12-29)22-26-38(37)43-39-17-9-10-18-40(39)46-42(41)43/h1-28H. The SMILES string of the molecule is O=P(c1ccccc1)(c1ccc(-c2c3cc(-c4ccccc4)ccc3n3c2sc2ccccc23)cc1)c1ccc2ccccc2c1. The predicted octanol–water partition coefficient (Wildman–Crippen LogP) is 10.4. The average Bonchev–Trinajstić information content (AvgIpc) is 3.66. The minimum absolute atomic E-state index is 0.832. The summed E-state index contributed by atoms with van der Waals surface area (Å²) in [6, 6.07) is 58.9. The highest BCUT2D eigenvalue weighted by molar-refractivity contribution is 7.85. The van der Waals surface area contributed by atoms with Crippen LogP contribution in [0.5, 0.6) is 0 Å². The number of hydrogen-bond acceptors (Lipinski definition) is 2. The Balaban J connectivity index is 1.26. The van der Waals surface area contributed by atoms with E-state index < -0.39 is 7.14 Å². The third-order valence-electron chi connectivity index (χ3n) is 9.08. The molecule has 2 nitrogen and oxygen atoms in total. The first-order chi connectivity index (χ1) is 22.7. The Labute approximate surface area is 271 Å². The second-order valence-electron chi connectivity index (χ2n) is 11.7. The Kier molecular flexibility index (Phi) is 6.31. The van der Waals surface area contributed by atoms with Gasteiger partial charge in [-0.2, -0.15) is 0 Å². The summed E-state index contributed by atoms with van der Waals surface area (Å²) in [6.45, 7) is 0. The van der Waals surface area contributed by atoms with E-state index in [1.807, 2.05) is 59.9 Å². The maximum absolute atomic E-state index is 15.4. The average molecular weight is 626 g/mol. The fourth-order valence-electron chi connectivity index (χ4n) is 6.82. The van der Waals surface area contributed by atoms with Gasteiger partial charge in [0.2, 0.25) is 0 Å². The van der Waals surface area contributed by atoms with Crippen molar-refractivity contribution in [3.05, 3.63) is 170 Å². The van der Waals surface area contributed by atoms with Crippen LogP contribution >= 0.6 is 18.5 Å². The number of para-hydroxylation sites is 1. The smallest absolute Gasteiger partial charge is 0.171 e. The van der Waals surface area contributed by atoms with Gasteiger partial charge in [-0.05, 0) is 57.8 Å². The molecule has 0 N–H and O–H groups in total. The molecule has 0 aliphatic heterocycles. The van der Waals surface area contributed by atoms with E-state index in [1.54, 1.807) is 0 Å². The quantitative estimate of drug-likeness (QED) is 0.174. The molecular weight excluding hydrogens is 598 g/mol. The Morgan fingerprint density at radius 2 is 1.09 bits per heavy atom. The Hall–Kier alpha value is -5.21. The van der Waals surface area contributed by atoms with Crippen LogP contribution in [-0.2, 0) is 4.57 Å². The molecule has 1 atom stereocenters. The van der Waals surface area contributed by atoms with E-state index in [9.17, 15) is 0 Å². The normalized spacial score (nSPS) is 13.0. The first-order valence-corrected chi connectivity index (χ1v) is 18.0. The molecule has 46 heavy (non-hydrogen) atoms. The van der Waals surface area contributed by atoms with Crippen molar-refractivity contribution in [1.82, 2.24) is 4.40 Å². The molecule has 0 bridgehead atoms. The monoisotopic (exact) mass is 625 g/mol. The molecule has 0 amide bonds. The summed E-state index contributed by atoms with van der Waals surface area (Å²) in [6.07, 6.45) is 0. The molecule has 0 fully saturated rings. The molecule has 4 heteroatoms. The number of fused-ring (bicyclic) bond motifs is 6. The fraction of sp³-hybridized carbons (Fsp3) is 0. The zero-order chi connectivity index (χ0) is 30.7. The van der Waals surface area contributed by atoms with Crippen molar-refractivity contribution in [2.24, 2.45) is 0 Å². The number of aromatic nitrogens is 1. The van der Waals surface area contributed by atoms with Gasteiger partial charge < -0.3 is 4.57 Å². The van der Waals surface area contributed by atoms with Crippen molar-refractivity contribution >= 4 is 71.1 Å². The van der Waals surface area contributed by atoms with Crippen molar-refractivity contribution in [3.8, 4) is 22.3 Å². The molecule has 0 saturated heterocycles. The number of hydrogen-bond donors (Lipinski definition) is 0. The summed E-state index contributed by atoms with van der Waals surface area (Å²) in [5.41, 5.74) is 7.12. The van der Waals surface area contributed by atoms with Gasteiger partial charge in [0.25, 0.3) is 0 Å². The topological polar surface area (TPSA) is 21.5 Å². The lowest BCUT2D eigenvalue weighted by Crippen LogP contribution is -2.25. The van der Waals surface area contributed by atoms with Crippen molar-refractivity contribution in [2.75, 3.05) is 0 Å². The van der Waals surface area contributed by atoms with Crippen molar-refractivity contribution in [1.29, 1.82) is 0 Å². The maximum atomic E-state index is 15.4. The van der Waals surface area contributed by atoms with Crippen LogP contribution < -0.4 is 15.9 Å². The van der Waals surface area contributed by atoms with Gasteiger partial charge >= 0.3 is 0 Å². The molecule has 2 heterocycles. The zero-order valence-corrected chi connectivity index (χ0v) is 26.6. The predicted molar refractivity (Wildman–Crippen MR) is 198 cm³/mol. The van der Waals surface area contributed by atoms with E-state index in [-0.39, 0.29) is 0 Å². The van der Waals surface area contributed by atoms with E-state index in [0.717, 1.165) is 32.2 Å². The lowest BCUT2D eigenvalue weighted by atomic mass is 10.00. The molecule has 0 aliphatic rings. The highest BCUT2D eigenvalue weighted by atomic mass is 32.1. The van der Waals surface area contributed by atoms with Crippen LogP contribution in [0.3, 0.4) is 0 Å². The maximum Gasteiger partial charge on any atom is 0.171 e. The van der Waals surface area contributed by atoms with Gasteiger partial charge in [-0.15, -0.1) is 11.3 Å². The van der Waals surface area contributed by atoms with Gasteiger partial charge in [0, 0.05) is 26.9 Å². The Morgan fingerprint density at radius 3 is 1.89 bits per heavy atom. The Bertz CT molecular complexity index is 2600. The molecule has 7 aromatic carbocycles. The van der Waals surface area contributed by atoms with Crippen LogP contribution in [0.4, 0.5) is 0 Å². The summed E-state index contributed by atoms with van der Waals surface area (Å²) >= 11 is 1.82. The third kappa shape index (κ3) is 4.20. The summed E-state index contributed by atoms with van der Waals surface area (Å²) in [7, 11) is -3.15. The molecule has 0 radical (unpaired) electrons. The number of rotatable bonds is 5. The number of benzene rings is 7. The van der Waals surface area contributed by atoms with Gasteiger partial charge in [0.05, 0.1) is 15.7 Å². The van der Waals surface area contributed by atoms with Crippen LogP contribution in [0.1, 0.15) is 0 Å². The van der Waals surface area contributed by atoms with E-state index in [0.29, 0.717) is 0 Å². The van der Waals surface area contributed by atoms with Crippen LogP contribution in [0.15, 0.2) is 170 Å². The zero-order valence-electron chi connectivity index (χ0n) is 24.9. The second-order valence-corrected chi connectivity index (χ2v) is 15.5. The molecule has 218 valence electrons. The van der Waals surface area contributed by atoms with E-state index in [1.165, 1.54) is 42.6 Å². The molecule has 0 spiro atoms. The summed E-state index contributed by atoms with van der Waals surface area (Å²) in [5.74, 6) is 0. The van der Waals surface area contributed by atoms with E-state index in [2.05, 4.69) is 126 Å². The highest BCUT2D eigenvalue weighted by Gasteiger charge is 2.30. The minimum Gasteiger partial charge on any atom is -0.309 e. The lowest BCUT2D eigenvalue weighted by Gasteiger charge is -2.21. The second kappa shape index (κ2) is 10.7. The van der Waals surface area contributed by atoms with Crippen molar-refractivity contribution in [3.63, 3.8) is 0 Å². The molecular formula is C42H28NOPS. The van der Waals surface area contributed by atoms with E-state index >= 15 is 4.57 Å². The highest BCUT2D eigenvalue weighted by Crippen LogP contribution is 2.46. The largest absolute Gasteiger partial charge is 0.309 e. The molecule has 0 aliphatic carbocycles. The molecule has 1 unspecified atom stereocenters. The third-order valence-corrected chi connectivity index (χ3v) is 13.3.